The Morgan fingerprint density at radius 2 is 2.00 bits per heavy atom. The van der Waals surface area contributed by atoms with Gasteiger partial charge < -0.3 is 4.74 Å². The lowest BCUT2D eigenvalue weighted by atomic mass is 9.91. The Balaban J connectivity index is 2.02. The lowest BCUT2D eigenvalue weighted by Crippen LogP contribution is -2.33. The minimum Gasteiger partial charge on any atom is -0.490 e. The van der Waals surface area contributed by atoms with E-state index in [0.29, 0.717) is 12.8 Å². The molecule has 1 aliphatic carbocycles. The number of allylic oxidation sites excluding steroid dienone is 4. The summed E-state index contributed by atoms with van der Waals surface area (Å²) in [6, 6.07) is 1.92. The molecule has 0 amide bonds. The summed E-state index contributed by atoms with van der Waals surface area (Å²) >= 11 is 6.01. The zero-order valence-corrected chi connectivity index (χ0v) is 17.0. The van der Waals surface area contributed by atoms with Gasteiger partial charge in [0.05, 0.1) is 22.5 Å². The van der Waals surface area contributed by atoms with E-state index in [9.17, 15) is 17.2 Å². The third kappa shape index (κ3) is 4.18. The number of ether oxygens (including phenoxy) is 1. The van der Waals surface area contributed by atoms with Crippen molar-refractivity contribution in [3.8, 4) is 5.75 Å². The number of hydrogen-bond acceptors (Lipinski definition) is 3. The molecule has 1 aliphatic heterocycles. The molecule has 1 unspecified atom stereocenters. The van der Waals surface area contributed by atoms with Crippen LogP contribution in [0.3, 0.4) is 0 Å². The second-order valence-electron chi connectivity index (χ2n) is 7.10. The normalized spacial score (nSPS) is 24.2. The molecule has 2 aliphatic rings. The number of unbranched alkanes of at least 4 members (excludes halogenated alkanes) is 2. The summed E-state index contributed by atoms with van der Waals surface area (Å²) in [5.74, 6) is -2.29. The highest BCUT2D eigenvalue weighted by atomic mass is 35.5. The number of fused-ring (bicyclic) bond motifs is 1. The van der Waals surface area contributed by atoms with Gasteiger partial charge in [0.1, 0.15) is 11.1 Å². The lowest BCUT2D eigenvalue weighted by molar-refractivity contribution is 0.193. The van der Waals surface area contributed by atoms with Crippen LogP contribution in [0.2, 0.25) is 0 Å². The fourth-order valence-electron chi connectivity index (χ4n) is 3.74. The van der Waals surface area contributed by atoms with E-state index in [2.05, 4.69) is 6.58 Å². The summed E-state index contributed by atoms with van der Waals surface area (Å²) in [6.45, 7) is 3.71. The van der Waals surface area contributed by atoms with Gasteiger partial charge in [-0.05, 0) is 43.9 Å². The van der Waals surface area contributed by atoms with Crippen LogP contribution in [0.1, 0.15) is 42.9 Å². The number of alkyl halides is 1. The van der Waals surface area contributed by atoms with Gasteiger partial charge in [-0.15, -0.1) is 18.2 Å². The van der Waals surface area contributed by atoms with Crippen molar-refractivity contribution in [2.24, 2.45) is 5.92 Å². The van der Waals surface area contributed by atoms with Crippen molar-refractivity contribution < 1.29 is 21.9 Å². The van der Waals surface area contributed by atoms with Gasteiger partial charge in [-0.2, -0.15) is 0 Å². The molecule has 0 aromatic heterocycles. The average molecular weight is 429 g/mol. The maximum absolute atomic E-state index is 14.7. The Kier molecular flexibility index (Phi) is 6.61. The summed E-state index contributed by atoms with van der Waals surface area (Å²) in [4.78, 5) is 0.0991. The monoisotopic (exact) mass is 428 g/mol. The fraction of sp³-hybridized carbons (Fsp3) is 0.429. The van der Waals surface area contributed by atoms with Crippen LogP contribution in [-0.4, -0.2) is 20.4 Å². The highest BCUT2D eigenvalue weighted by Crippen LogP contribution is 2.47. The van der Waals surface area contributed by atoms with Crippen molar-refractivity contribution >= 4 is 21.4 Å². The molecule has 0 bridgehead atoms. The molecule has 3 atom stereocenters. The summed E-state index contributed by atoms with van der Waals surface area (Å²) in [7, 11) is -3.94. The predicted octanol–water partition coefficient (Wildman–Crippen LogP) is 5.63. The van der Waals surface area contributed by atoms with Gasteiger partial charge in [-0.3, -0.25) is 0 Å². The number of hydrogen-bond donors (Lipinski definition) is 0. The zero-order chi connectivity index (χ0) is 20.3. The topological polar surface area (TPSA) is 43.4 Å². The highest BCUT2D eigenvalue weighted by molar-refractivity contribution is 7.95. The van der Waals surface area contributed by atoms with Crippen LogP contribution >= 0.6 is 11.6 Å². The van der Waals surface area contributed by atoms with Gasteiger partial charge in [-0.25, -0.2) is 17.2 Å². The van der Waals surface area contributed by atoms with E-state index in [1.54, 1.807) is 18.2 Å². The largest absolute Gasteiger partial charge is 0.490 e. The van der Waals surface area contributed by atoms with Crippen LogP contribution in [-0.2, 0) is 9.84 Å². The van der Waals surface area contributed by atoms with Crippen LogP contribution in [0, 0.1) is 17.6 Å². The number of rotatable bonds is 7. The number of benzene rings is 1. The standard InChI is InChI=1S/C21H23ClF2O3S/c1-2-3-4-5-6-14-13-27-20-18(24)12-11-17(23)19(20)21(14)28(25,26)16-9-7-15(22)8-10-16/h2,7,9-12,14-15,21H,1,3-6,8,13H2/t14-,15?,21+/m0/s1. The molecule has 0 saturated heterocycles. The van der Waals surface area contributed by atoms with Gasteiger partial charge in [-0.1, -0.05) is 24.6 Å². The van der Waals surface area contributed by atoms with Crippen molar-refractivity contribution in [1.29, 1.82) is 0 Å². The molecule has 1 heterocycles. The van der Waals surface area contributed by atoms with Crippen molar-refractivity contribution in [1.82, 2.24) is 0 Å². The first-order valence-corrected chi connectivity index (χ1v) is 11.3. The second-order valence-corrected chi connectivity index (χ2v) is 9.73. The summed E-state index contributed by atoms with van der Waals surface area (Å²) in [5, 5.41) is -1.47. The van der Waals surface area contributed by atoms with Crippen LogP contribution in [0.4, 0.5) is 8.78 Å². The van der Waals surface area contributed by atoms with E-state index < -0.39 is 32.6 Å². The first-order valence-electron chi connectivity index (χ1n) is 9.34. The summed E-state index contributed by atoms with van der Waals surface area (Å²) in [5.41, 5.74) is -0.206. The summed E-state index contributed by atoms with van der Waals surface area (Å²) < 4.78 is 61.3. The molecule has 0 radical (unpaired) electrons. The molecular formula is C21H23ClF2O3S. The molecule has 0 fully saturated rings. The van der Waals surface area contributed by atoms with Gasteiger partial charge >= 0.3 is 0 Å². The SMILES string of the molecule is C=CCCCC[C@H]1COc2c(F)ccc(F)c2[C@@H]1S(=O)(=O)C1=CCC(Cl)C=C1. The third-order valence-corrected chi connectivity index (χ3v) is 7.73. The molecule has 1 aromatic carbocycles. The molecule has 0 spiro atoms. The van der Waals surface area contributed by atoms with E-state index in [1.807, 2.05) is 0 Å². The first kappa shape index (κ1) is 21.1. The molecular weight excluding hydrogens is 406 g/mol. The Labute approximate surface area is 169 Å². The first-order chi connectivity index (χ1) is 13.4. The minimum atomic E-state index is -3.94. The Morgan fingerprint density at radius 1 is 1.25 bits per heavy atom. The quantitative estimate of drug-likeness (QED) is 0.321. The van der Waals surface area contributed by atoms with Crippen LogP contribution in [0.5, 0.6) is 5.75 Å². The van der Waals surface area contributed by atoms with Crippen molar-refractivity contribution in [2.75, 3.05) is 6.61 Å². The zero-order valence-electron chi connectivity index (χ0n) is 15.4. The number of sulfone groups is 1. The highest BCUT2D eigenvalue weighted by Gasteiger charge is 2.44. The fourth-order valence-corrected chi connectivity index (χ4v) is 6.05. The molecule has 0 saturated carbocycles. The second kappa shape index (κ2) is 8.78. The van der Waals surface area contributed by atoms with Crippen molar-refractivity contribution in [2.45, 2.75) is 42.7 Å². The Hall–Kier alpha value is -1.66. The Bertz CT molecular complexity index is 908. The average Bonchev–Trinajstić information content (AvgIpc) is 2.68. The van der Waals surface area contributed by atoms with E-state index in [1.165, 1.54) is 6.08 Å². The van der Waals surface area contributed by atoms with Crippen LogP contribution < -0.4 is 4.74 Å². The lowest BCUT2D eigenvalue weighted by Gasteiger charge is -2.34. The van der Waals surface area contributed by atoms with Crippen molar-refractivity contribution in [3.05, 3.63) is 65.1 Å². The summed E-state index contributed by atoms with van der Waals surface area (Å²) in [6.07, 6.45) is 9.73. The molecule has 0 N–H and O–H groups in total. The van der Waals surface area contributed by atoms with Gasteiger partial charge in [0.2, 0.25) is 0 Å². The van der Waals surface area contributed by atoms with Gasteiger partial charge in [0.25, 0.3) is 0 Å². The van der Waals surface area contributed by atoms with Gasteiger partial charge in [0.15, 0.2) is 21.4 Å². The maximum atomic E-state index is 14.7. The van der Waals surface area contributed by atoms with E-state index >= 15 is 0 Å². The smallest absolute Gasteiger partial charge is 0.185 e. The Morgan fingerprint density at radius 3 is 2.68 bits per heavy atom. The molecule has 1 aromatic rings. The third-order valence-electron chi connectivity index (χ3n) is 5.16. The molecule has 7 heteroatoms. The van der Waals surface area contributed by atoms with Crippen LogP contribution in [0.25, 0.3) is 0 Å². The predicted molar refractivity (Wildman–Crippen MR) is 107 cm³/mol. The minimum absolute atomic E-state index is 0.0283. The van der Waals surface area contributed by atoms with E-state index in [0.717, 1.165) is 31.4 Å². The maximum Gasteiger partial charge on any atom is 0.185 e. The van der Waals surface area contributed by atoms with Gasteiger partial charge in [0, 0.05) is 5.92 Å². The molecule has 3 nitrogen and oxygen atoms in total. The molecule has 3 rings (SSSR count). The van der Waals surface area contributed by atoms with E-state index in [-0.39, 0.29) is 28.2 Å². The van der Waals surface area contributed by atoms with Crippen molar-refractivity contribution in [3.63, 3.8) is 0 Å². The molecule has 152 valence electrons. The van der Waals surface area contributed by atoms with Crippen LogP contribution in [0.15, 0.2) is 47.9 Å². The number of halogens is 3. The van der Waals surface area contributed by atoms with E-state index in [4.69, 9.17) is 16.3 Å². The molecule has 28 heavy (non-hydrogen) atoms.